The first-order valence-corrected chi connectivity index (χ1v) is 3.78. The Hall–Kier alpha value is -1.04. The van der Waals surface area contributed by atoms with Gasteiger partial charge in [0.15, 0.2) is 0 Å². The van der Waals surface area contributed by atoms with Crippen molar-refractivity contribution in [2.75, 3.05) is 20.1 Å². The number of nitrogens with zero attached hydrogens (tertiary/aromatic N) is 1. The Morgan fingerprint density at radius 2 is 2.09 bits per heavy atom. The van der Waals surface area contributed by atoms with Crippen LogP contribution in [0.25, 0.3) is 0 Å². The van der Waals surface area contributed by atoms with Gasteiger partial charge in [0.25, 0.3) is 0 Å². The summed E-state index contributed by atoms with van der Waals surface area (Å²) in [6.07, 6.45) is 1.48. The zero-order chi connectivity index (χ0) is 6.43. The zero-order valence-electron chi connectivity index (χ0n) is 7.48. The van der Waals surface area contributed by atoms with Gasteiger partial charge in [0.1, 0.15) is 0 Å². The zero-order valence-corrected chi connectivity index (χ0v) is 9.63. The van der Waals surface area contributed by atoms with Gasteiger partial charge in [-0.1, -0.05) is 12.3 Å². The quantitative estimate of drug-likeness (QED) is 0.558. The van der Waals surface area contributed by atoms with E-state index in [0.29, 0.717) is 0 Å². The molecule has 2 rings (SSSR count). The van der Waals surface area contributed by atoms with Gasteiger partial charge in [-0.2, -0.15) is 12.8 Å². The van der Waals surface area contributed by atoms with Crippen LogP contribution in [0.1, 0.15) is 13.3 Å². The fourth-order valence-corrected chi connectivity index (χ4v) is 2.06. The molecule has 2 heteroatoms. The molecule has 1 heterocycles. The third-order valence-corrected chi connectivity index (χ3v) is 2.62. The molecule has 1 nitrogen and oxygen atoms in total. The molecule has 1 saturated carbocycles. The first-order valence-electron chi connectivity index (χ1n) is 3.78. The Kier molecular flexibility index (Phi) is 2.64. The van der Waals surface area contributed by atoms with E-state index >= 15 is 0 Å². The van der Waals surface area contributed by atoms with Crippen molar-refractivity contribution in [2.45, 2.75) is 13.3 Å². The van der Waals surface area contributed by atoms with Crippen LogP contribution >= 0.6 is 0 Å². The Labute approximate surface area is 64.4 Å². The van der Waals surface area contributed by atoms with Crippen LogP contribution in [0, 0.1) is 25.2 Å². The van der Waals surface area contributed by atoms with E-state index in [-0.39, 0.29) is 7.43 Å². The van der Waals surface area contributed by atoms with Crippen molar-refractivity contribution in [3.63, 3.8) is 0 Å². The van der Waals surface area contributed by atoms with Crippen LogP contribution in [0.15, 0.2) is 0 Å². The fourth-order valence-electron chi connectivity index (χ4n) is 2.06. The molecule has 1 aliphatic heterocycles. The van der Waals surface area contributed by atoms with E-state index in [4.69, 9.17) is 0 Å². The summed E-state index contributed by atoms with van der Waals surface area (Å²) in [7, 11) is 2.22. The second kappa shape index (κ2) is 2.91. The first-order chi connectivity index (χ1) is 4.27. The van der Waals surface area contributed by atoms with E-state index in [2.05, 4.69) is 18.9 Å². The summed E-state index contributed by atoms with van der Waals surface area (Å²) in [5.74, 6) is 3.79. The minimum atomic E-state index is 0. The Bertz CT molecular complexity index is 127. The summed E-state index contributed by atoms with van der Waals surface area (Å²) >= 11 is 0. The molecule has 1 aliphatic carbocycles. The summed E-state index contributed by atoms with van der Waals surface area (Å²) in [6, 6.07) is 0. The van der Waals surface area contributed by atoms with Crippen LogP contribution in [0.5, 0.6) is 0 Å². The van der Waals surface area contributed by atoms with Crippen molar-refractivity contribution >= 4 is 0 Å². The van der Waals surface area contributed by atoms with Crippen LogP contribution in [0.4, 0.5) is 0 Å². The van der Waals surface area contributed by atoms with E-state index in [1.54, 1.807) is 5.92 Å². The van der Waals surface area contributed by atoms with Crippen molar-refractivity contribution in [1.29, 1.82) is 0 Å². The minimum Gasteiger partial charge on any atom is -0.358 e. The molecule has 0 amide bonds. The first kappa shape index (κ1) is 9.96. The Morgan fingerprint density at radius 1 is 1.45 bits per heavy atom. The largest absolute Gasteiger partial charge is 0.358 e. The molecule has 1 saturated heterocycles. The van der Waals surface area contributed by atoms with Crippen molar-refractivity contribution in [1.82, 2.24) is 4.90 Å². The van der Waals surface area contributed by atoms with E-state index in [0.717, 1.165) is 11.8 Å². The number of hydrogen-bond acceptors (Lipinski definition) is 1. The Balaban J connectivity index is 0.000000500. The maximum Gasteiger partial charge on any atom is 0 e. The second-order valence-electron chi connectivity index (χ2n) is 3.65. The number of likely N-dealkylation sites (tertiary alicyclic amines) is 1. The van der Waals surface area contributed by atoms with Gasteiger partial charge in [0.2, 0.25) is 0 Å². The standard InChI is InChI=1S/C8H14N.CH3.Lr/c1-6-4-9(2)5-7-3-8(6)7;;/h7-8H,3-5H2,1-2H3;1H3;/q2*-1;. The Morgan fingerprint density at radius 3 is 2.64 bits per heavy atom. The molecular formula is C9H17LrN-2. The van der Waals surface area contributed by atoms with E-state index < -0.39 is 0 Å². The normalized spacial score (nSPS) is 36.5. The third kappa shape index (κ3) is 1.51. The molecular weight excluding hydrogens is 384 g/mol. The number of fused-ring (bicyclic) bond motifs is 1. The SMILES string of the molecule is C[C-]1CN(C)CC2CC12.[CH3-].[Lr]. The summed E-state index contributed by atoms with van der Waals surface area (Å²) in [4.78, 5) is 2.43. The topological polar surface area (TPSA) is 3.24 Å². The van der Waals surface area contributed by atoms with Crippen LogP contribution in [0.2, 0.25) is 0 Å². The van der Waals surface area contributed by atoms with Crippen LogP contribution in [-0.2, 0) is 0 Å². The van der Waals surface area contributed by atoms with Gasteiger partial charge in [-0.3, -0.25) is 5.92 Å². The second-order valence-corrected chi connectivity index (χ2v) is 3.65. The van der Waals surface area contributed by atoms with Gasteiger partial charge in [-0.15, -0.1) is 6.54 Å². The van der Waals surface area contributed by atoms with Crippen LogP contribution in [0.3, 0.4) is 0 Å². The molecule has 2 atom stereocenters. The molecule has 0 aromatic carbocycles. The predicted molar refractivity (Wildman–Crippen MR) is 44.4 cm³/mol. The molecule has 1 radical (unpaired) electrons. The minimum absolute atomic E-state index is 0. The molecule has 2 fully saturated rings. The molecule has 0 aromatic rings. The molecule has 0 aromatic heterocycles. The van der Waals surface area contributed by atoms with E-state index in [9.17, 15) is 0 Å². The van der Waals surface area contributed by atoms with Crippen molar-refractivity contribution < 1.29 is 0 Å². The average molecular weight is 401 g/mol. The number of rotatable bonds is 0. The van der Waals surface area contributed by atoms with E-state index in [1.165, 1.54) is 19.5 Å². The summed E-state index contributed by atoms with van der Waals surface area (Å²) < 4.78 is 0. The van der Waals surface area contributed by atoms with Gasteiger partial charge < -0.3 is 12.3 Å². The summed E-state index contributed by atoms with van der Waals surface area (Å²) in [5.41, 5.74) is 0. The average Bonchev–Trinajstić information content (AvgIpc) is 2.43. The summed E-state index contributed by atoms with van der Waals surface area (Å²) in [6.45, 7) is 4.91. The summed E-state index contributed by atoms with van der Waals surface area (Å²) in [5, 5.41) is 0. The maximum atomic E-state index is 2.43. The van der Waals surface area contributed by atoms with Gasteiger partial charge >= 0.3 is 0 Å². The van der Waals surface area contributed by atoms with Crippen LogP contribution < -0.4 is 0 Å². The molecule has 75 valence electrons. The van der Waals surface area contributed by atoms with Crippen molar-refractivity contribution in [3.8, 4) is 0 Å². The predicted octanol–water partition coefficient (Wildman–Crippen LogP) is 1.61. The molecule has 0 spiro atoms. The van der Waals surface area contributed by atoms with Crippen molar-refractivity contribution in [3.05, 3.63) is 13.3 Å². The van der Waals surface area contributed by atoms with Crippen molar-refractivity contribution in [2.24, 2.45) is 11.8 Å². The van der Waals surface area contributed by atoms with Gasteiger partial charge in [0.05, 0.1) is 0 Å². The van der Waals surface area contributed by atoms with Gasteiger partial charge in [-0.25, -0.2) is 0 Å². The molecule has 11 heavy (non-hydrogen) atoms. The molecule has 0 N–H and O–H groups in total. The number of hydrogen-bond donors (Lipinski definition) is 0. The monoisotopic (exact) mass is 401 g/mol. The maximum absolute atomic E-state index is 2.43. The smallest absolute Gasteiger partial charge is 0 e. The van der Waals surface area contributed by atoms with Crippen LogP contribution in [-0.4, -0.2) is 25.0 Å². The van der Waals surface area contributed by atoms with E-state index in [1.807, 2.05) is 0 Å². The van der Waals surface area contributed by atoms with Gasteiger partial charge in [-0.05, 0) is 13.6 Å². The third-order valence-electron chi connectivity index (χ3n) is 2.62. The fraction of sp³-hybridized carbons (Fsp3) is 0.778. The molecule has 2 unspecified atom stereocenters. The molecule has 2 aliphatic rings. The van der Waals surface area contributed by atoms with Gasteiger partial charge in [0, 0.05) is 0 Å². The molecule has 0 bridgehead atoms. The number of piperidine rings is 1.